The molecule has 28 heavy (non-hydrogen) atoms. The van der Waals surface area contributed by atoms with Crippen LogP contribution in [0.2, 0.25) is 0 Å². The number of anilines is 2. The average molecular weight is 383 g/mol. The van der Waals surface area contributed by atoms with E-state index in [9.17, 15) is 19.7 Å². The zero-order valence-electron chi connectivity index (χ0n) is 15.3. The van der Waals surface area contributed by atoms with E-state index in [2.05, 4.69) is 20.8 Å². The highest BCUT2D eigenvalue weighted by Gasteiger charge is 2.29. The summed E-state index contributed by atoms with van der Waals surface area (Å²) < 4.78 is 2.69. The first kappa shape index (κ1) is 18.8. The van der Waals surface area contributed by atoms with Gasteiger partial charge in [-0.1, -0.05) is 0 Å². The maximum Gasteiger partial charge on any atom is 0.322 e. The number of rotatable bonds is 5. The molecule has 0 spiro atoms. The molecule has 0 aliphatic carbocycles. The third-order valence-corrected chi connectivity index (χ3v) is 3.94. The van der Waals surface area contributed by atoms with Gasteiger partial charge in [0, 0.05) is 31.7 Å². The second-order valence-electron chi connectivity index (χ2n) is 6.02. The number of aromatic nitrogens is 4. The summed E-state index contributed by atoms with van der Waals surface area (Å²) in [5.74, 6) is -1.02. The first-order chi connectivity index (χ1) is 13.3. The summed E-state index contributed by atoms with van der Waals surface area (Å²) in [6.07, 6.45) is 1.66. The Morgan fingerprint density at radius 3 is 2.07 bits per heavy atom. The first-order valence-electron chi connectivity index (χ1n) is 8.16. The Kier molecular flexibility index (Phi) is 4.90. The number of carbonyl (C=O) groups is 2. The lowest BCUT2D eigenvalue weighted by Gasteiger charge is -2.07. The summed E-state index contributed by atoms with van der Waals surface area (Å²) in [7, 11) is 3.17. The second kappa shape index (κ2) is 7.31. The van der Waals surface area contributed by atoms with Gasteiger partial charge in [-0.25, -0.2) is 0 Å². The zero-order chi connectivity index (χ0) is 20.4. The van der Waals surface area contributed by atoms with Gasteiger partial charge in [0.05, 0.1) is 4.92 Å². The molecule has 0 saturated carbocycles. The van der Waals surface area contributed by atoms with E-state index >= 15 is 0 Å². The highest BCUT2D eigenvalue weighted by atomic mass is 16.6. The summed E-state index contributed by atoms with van der Waals surface area (Å²) in [6, 6.07) is 7.92. The molecule has 3 rings (SSSR count). The standard InChI is InChI=1S/C17H17N7O4/c1-10-14(24(27)28)15(23(3)20-10)17(26)19-12-6-4-11(5-7-12)18-16(25)13-8-9-22(2)21-13/h4-9H,1-3H3,(H,18,25)(H,19,26). The number of aryl methyl sites for hydroxylation is 3. The molecule has 144 valence electrons. The first-order valence-corrected chi connectivity index (χ1v) is 8.16. The van der Waals surface area contributed by atoms with E-state index in [1.165, 1.54) is 23.3 Å². The lowest BCUT2D eigenvalue weighted by Crippen LogP contribution is -2.17. The molecule has 0 bridgehead atoms. The highest BCUT2D eigenvalue weighted by Crippen LogP contribution is 2.23. The largest absolute Gasteiger partial charge is 0.322 e. The van der Waals surface area contributed by atoms with Crippen LogP contribution < -0.4 is 10.6 Å². The van der Waals surface area contributed by atoms with Gasteiger partial charge in [-0.05, 0) is 37.3 Å². The van der Waals surface area contributed by atoms with Crippen LogP contribution in [-0.4, -0.2) is 36.3 Å². The Morgan fingerprint density at radius 2 is 1.57 bits per heavy atom. The normalized spacial score (nSPS) is 10.5. The predicted octanol–water partition coefficient (Wildman–Crippen LogP) is 1.87. The van der Waals surface area contributed by atoms with E-state index in [4.69, 9.17) is 0 Å². The van der Waals surface area contributed by atoms with Gasteiger partial charge in [0.2, 0.25) is 5.69 Å². The Labute approximate surface area is 159 Å². The van der Waals surface area contributed by atoms with Crippen molar-refractivity contribution in [3.8, 4) is 0 Å². The lowest BCUT2D eigenvalue weighted by atomic mass is 10.2. The predicted molar refractivity (Wildman–Crippen MR) is 100 cm³/mol. The van der Waals surface area contributed by atoms with Crippen molar-refractivity contribution in [1.82, 2.24) is 19.6 Å². The van der Waals surface area contributed by atoms with Gasteiger partial charge in [-0.3, -0.25) is 29.1 Å². The summed E-state index contributed by atoms with van der Waals surface area (Å²) in [5.41, 5.74) is 0.878. The number of amides is 2. The fourth-order valence-electron chi connectivity index (χ4n) is 2.68. The SMILES string of the molecule is Cc1nn(C)c(C(=O)Nc2ccc(NC(=O)c3ccn(C)n3)cc2)c1[N+](=O)[O-]. The van der Waals surface area contributed by atoms with Gasteiger partial charge < -0.3 is 10.6 Å². The van der Waals surface area contributed by atoms with Crippen LogP contribution in [0.3, 0.4) is 0 Å². The van der Waals surface area contributed by atoms with Gasteiger partial charge >= 0.3 is 5.69 Å². The molecule has 2 N–H and O–H groups in total. The molecule has 2 aromatic heterocycles. The molecule has 0 atom stereocenters. The molecule has 0 radical (unpaired) electrons. The number of nitrogens with one attached hydrogen (secondary N) is 2. The van der Waals surface area contributed by atoms with Gasteiger partial charge in [0.1, 0.15) is 5.69 Å². The van der Waals surface area contributed by atoms with Crippen molar-refractivity contribution < 1.29 is 14.5 Å². The third-order valence-electron chi connectivity index (χ3n) is 3.94. The molecule has 0 aliphatic heterocycles. The van der Waals surface area contributed by atoms with Crippen molar-refractivity contribution >= 4 is 28.9 Å². The van der Waals surface area contributed by atoms with Crippen LogP contribution in [0, 0.1) is 17.0 Å². The molecule has 0 unspecified atom stereocenters. The zero-order valence-corrected chi connectivity index (χ0v) is 15.3. The number of hydrogen-bond donors (Lipinski definition) is 2. The van der Waals surface area contributed by atoms with E-state index in [0.717, 1.165) is 0 Å². The quantitative estimate of drug-likeness (QED) is 0.510. The van der Waals surface area contributed by atoms with Crippen molar-refractivity contribution in [2.45, 2.75) is 6.92 Å². The maximum atomic E-state index is 12.5. The maximum absolute atomic E-state index is 12.5. The molecule has 3 aromatic rings. The third kappa shape index (κ3) is 3.72. The van der Waals surface area contributed by atoms with Gasteiger partial charge in [-0.2, -0.15) is 10.2 Å². The average Bonchev–Trinajstić information content (AvgIpc) is 3.19. The highest BCUT2D eigenvalue weighted by molar-refractivity contribution is 6.06. The molecule has 0 fully saturated rings. The van der Waals surface area contributed by atoms with Crippen molar-refractivity contribution in [2.75, 3.05) is 10.6 Å². The fourth-order valence-corrected chi connectivity index (χ4v) is 2.68. The van der Waals surface area contributed by atoms with Crippen LogP contribution in [0.5, 0.6) is 0 Å². The molecule has 1 aromatic carbocycles. The molecule has 2 heterocycles. The van der Waals surface area contributed by atoms with Crippen molar-refractivity contribution in [2.24, 2.45) is 14.1 Å². The molecule has 11 nitrogen and oxygen atoms in total. The Morgan fingerprint density at radius 1 is 1.00 bits per heavy atom. The number of hydrogen-bond acceptors (Lipinski definition) is 6. The summed E-state index contributed by atoms with van der Waals surface area (Å²) in [6.45, 7) is 1.47. The van der Waals surface area contributed by atoms with Crippen LogP contribution >= 0.6 is 0 Å². The van der Waals surface area contributed by atoms with Crippen LogP contribution in [-0.2, 0) is 14.1 Å². The number of nitrogens with zero attached hydrogens (tertiary/aromatic N) is 5. The van der Waals surface area contributed by atoms with E-state index in [0.29, 0.717) is 11.4 Å². The fraction of sp³-hybridized carbons (Fsp3) is 0.176. The number of nitro groups is 1. The second-order valence-corrected chi connectivity index (χ2v) is 6.02. The smallest absolute Gasteiger partial charge is 0.321 e. The van der Waals surface area contributed by atoms with Crippen LogP contribution in [0.1, 0.15) is 26.7 Å². The Bertz CT molecular complexity index is 1070. The minimum atomic E-state index is -0.653. The minimum absolute atomic E-state index is 0.143. The van der Waals surface area contributed by atoms with Crippen molar-refractivity contribution in [1.29, 1.82) is 0 Å². The van der Waals surface area contributed by atoms with E-state index in [1.54, 1.807) is 43.6 Å². The van der Waals surface area contributed by atoms with E-state index < -0.39 is 10.8 Å². The van der Waals surface area contributed by atoms with Crippen LogP contribution in [0.4, 0.5) is 17.1 Å². The molecule has 2 amide bonds. The number of benzene rings is 1. The van der Waals surface area contributed by atoms with E-state index in [1.807, 2.05) is 0 Å². The number of carbonyl (C=O) groups excluding carboxylic acids is 2. The van der Waals surface area contributed by atoms with Gasteiger partial charge in [-0.15, -0.1) is 0 Å². The molecular weight excluding hydrogens is 366 g/mol. The van der Waals surface area contributed by atoms with Crippen LogP contribution in [0.15, 0.2) is 36.5 Å². The Balaban J connectivity index is 1.72. The monoisotopic (exact) mass is 383 g/mol. The van der Waals surface area contributed by atoms with Gasteiger partial charge in [0.25, 0.3) is 11.8 Å². The lowest BCUT2D eigenvalue weighted by molar-refractivity contribution is -0.385. The Hall–Kier alpha value is -4.02. The van der Waals surface area contributed by atoms with Crippen molar-refractivity contribution in [3.05, 3.63) is 63.7 Å². The molecule has 0 saturated heterocycles. The van der Waals surface area contributed by atoms with Crippen molar-refractivity contribution in [3.63, 3.8) is 0 Å². The molecular formula is C17H17N7O4. The van der Waals surface area contributed by atoms with E-state index in [-0.39, 0.29) is 28.7 Å². The summed E-state index contributed by atoms with van der Waals surface area (Å²) in [5, 5.41) is 24.4. The topological polar surface area (TPSA) is 137 Å². The van der Waals surface area contributed by atoms with Crippen LogP contribution in [0.25, 0.3) is 0 Å². The molecule has 11 heteroatoms. The molecule has 0 aliphatic rings. The summed E-state index contributed by atoms with van der Waals surface area (Å²) in [4.78, 5) is 35.1. The minimum Gasteiger partial charge on any atom is -0.321 e. The van der Waals surface area contributed by atoms with Gasteiger partial charge in [0.15, 0.2) is 5.69 Å². The summed E-state index contributed by atoms with van der Waals surface area (Å²) >= 11 is 0.